The van der Waals surface area contributed by atoms with Crippen LogP contribution in [-0.2, 0) is 0 Å². The molecule has 0 heterocycles. The molecule has 1 aliphatic rings. The average Bonchev–Trinajstić information content (AvgIpc) is 2.45. The summed E-state index contributed by atoms with van der Waals surface area (Å²) in [5, 5.41) is 8.75. The number of hydrogen-bond donors (Lipinski definition) is 0. The molecule has 10 heavy (non-hydrogen) atoms. The molecule has 1 aliphatic carbocycles. The summed E-state index contributed by atoms with van der Waals surface area (Å²) in [4.78, 5) is 0. The van der Waals surface area contributed by atoms with Crippen LogP contribution in [0.3, 0.4) is 0 Å². The van der Waals surface area contributed by atoms with Crippen molar-refractivity contribution in [2.45, 2.75) is 43.1 Å². The van der Waals surface area contributed by atoms with E-state index in [0.717, 1.165) is 12.8 Å². The highest BCUT2D eigenvalue weighted by atomic mass is 32.2. The summed E-state index contributed by atoms with van der Waals surface area (Å²) in [5.41, 5.74) is 0. The lowest BCUT2D eigenvalue weighted by molar-refractivity contribution is 0.797. The van der Waals surface area contributed by atoms with E-state index >= 15 is 0 Å². The van der Waals surface area contributed by atoms with E-state index in [2.05, 4.69) is 26.8 Å². The third-order valence-electron chi connectivity index (χ3n) is 1.41. The summed E-state index contributed by atoms with van der Waals surface area (Å²) in [6, 6.07) is 2.37. The molecule has 1 rings (SSSR count). The van der Waals surface area contributed by atoms with Crippen molar-refractivity contribution in [3.63, 3.8) is 0 Å². The normalized spacial score (nSPS) is 21.8. The minimum Gasteiger partial charge on any atom is -0.197 e. The smallest absolute Gasteiger partial charge is 0.103 e. The van der Waals surface area contributed by atoms with Gasteiger partial charge in [-0.1, -0.05) is 20.8 Å². The van der Waals surface area contributed by atoms with Gasteiger partial charge in [-0.3, -0.25) is 0 Å². The van der Waals surface area contributed by atoms with Gasteiger partial charge in [0.25, 0.3) is 0 Å². The molecule has 0 unspecified atom stereocenters. The SMILES string of the molecule is CC(C)(C)SC1(C#N)CC1. The van der Waals surface area contributed by atoms with Crippen molar-refractivity contribution in [1.29, 1.82) is 5.26 Å². The molecular weight excluding hydrogens is 142 g/mol. The Morgan fingerprint density at radius 1 is 1.40 bits per heavy atom. The molecule has 1 saturated carbocycles. The minimum absolute atomic E-state index is 0.00174. The van der Waals surface area contributed by atoms with E-state index in [1.165, 1.54) is 0 Å². The van der Waals surface area contributed by atoms with Crippen molar-refractivity contribution in [2.75, 3.05) is 0 Å². The predicted molar refractivity (Wildman–Crippen MR) is 44.9 cm³/mol. The van der Waals surface area contributed by atoms with Crippen LogP contribution in [0.4, 0.5) is 0 Å². The standard InChI is InChI=1S/C8H13NS/c1-7(2,3)10-8(6-9)4-5-8/h4-5H2,1-3H3. The zero-order chi connectivity index (χ0) is 7.83. The maximum Gasteiger partial charge on any atom is 0.103 e. The number of rotatable bonds is 1. The van der Waals surface area contributed by atoms with Gasteiger partial charge in [0.05, 0.1) is 6.07 Å². The number of nitrogens with zero attached hydrogens (tertiary/aromatic N) is 1. The van der Waals surface area contributed by atoms with Gasteiger partial charge in [0.15, 0.2) is 0 Å². The van der Waals surface area contributed by atoms with E-state index in [4.69, 9.17) is 5.26 Å². The molecule has 0 N–H and O–H groups in total. The first-order valence-corrected chi connectivity index (χ1v) is 4.41. The van der Waals surface area contributed by atoms with Crippen LogP contribution in [-0.4, -0.2) is 9.49 Å². The topological polar surface area (TPSA) is 23.8 Å². The first-order valence-electron chi connectivity index (χ1n) is 3.59. The Morgan fingerprint density at radius 2 is 1.90 bits per heavy atom. The summed E-state index contributed by atoms with van der Waals surface area (Å²) < 4.78 is 0.241. The van der Waals surface area contributed by atoms with Crippen LogP contribution < -0.4 is 0 Å². The molecule has 2 heteroatoms. The molecule has 56 valence electrons. The first kappa shape index (κ1) is 7.94. The largest absolute Gasteiger partial charge is 0.197 e. The number of thioether (sulfide) groups is 1. The highest BCUT2D eigenvalue weighted by Gasteiger charge is 2.46. The van der Waals surface area contributed by atoms with Crippen LogP contribution in [0, 0.1) is 11.3 Å². The molecule has 0 aromatic rings. The van der Waals surface area contributed by atoms with Crippen molar-refractivity contribution in [3.8, 4) is 6.07 Å². The van der Waals surface area contributed by atoms with Crippen LogP contribution >= 0.6 is 11.8 Å². The van der Waals surface area contributed by atoms with E-state index < -0.39 is 0 Å². The Kier molecular flexibility index (Phi) is 1.72. The van der Waals surface area contributed by atoms with Gasteiger partial charge in [0, 0.05) is 4.75 Å². The molecule has 0 bridgehead atoms. The Balaban J connectivity index is 2.48. The lowest BCUT2D eigenvalue weighted by atomic mass is 10.3. The quantitative estimate of drug-likeness (QED) is 0.581. The van der Waals surface area contributed by atoms with Gasteiger partial charge in [-0.05, 0) is 12.8 Å². The van der Waals surface area contributed by atoms with Gasteiger partial charge >= 0.3 is 0 Å². The third kappa shape index (κ3) is 1.91. The van der Waals surface area contributed by atoms with Gasteiger partial charge in [0.2, 0.25) is 0 Å². The molecule has 1 fully saturated rings. The van der Waals surface area contributed by atoms with E-state index in [9.17, 15) is 0 Å². The van der Waals surface area contributed by atoms with Crippen LogP contribution in [0.1, 0.15) is 33.6 Å². The second-order valence-electron chi connectivity index (χ2n) is 3.82. The summed E-state index contributed by atoms with van der Waals surface area (Å²) in [5.74, 6) is 0. The van der Waals surface area contributed by atoms with Crippen molar-refractivity contribution < 1.29 is 0 Å². The fourth-order valence-electron chi connectivity index (χ4n) is 0.936. The van der Waals surface area contributed by atoms with Crippen LogP contribution in [0.25, 0.3) is 0 Å². The van der Waals surface area contributed by atoms with Gasteiger partial charge < -0.3 is 0 Å². The predicted octanol–water partition coefficient (Wildman–Crippen LogP) is 2.57. The van der Waals surface area contributed by atoms with Gasteiger partial charge in [0.1, 0.15) is 4.75 Å². The van der Waals surface area contributed by atoms with Gasteiger partial charge in [-0.15, -0.1) is 11.8 Å². The maximum absolute atomic E-state index is 8.75. The fraction of sp³-hybridized carbons (Fsp3) is 0.875. The zero-order valence-corrected chi connectivity index (χ0v) is 7.59. The molecule has 0 atom stereocenters. The summed E-state index contributed by atoms with van der Waals surface area (Å²) >= 11 is 1.81. The average molecular weight is 155 g/mol. The fourth-order valence-corrected chi connectivity index (χ4v) is 2.46. The highest BCUT2D eigenvalue weighted by molar-refractivity contribution is 8.02. The van der Waals surface area contributed by atoms with Crippen LogP contribution in [0.5, 0.6) is 0 Å². The van der Waals surface area contributed by atoms with E-state index in [0.29, 0.717) is 0 Å². The summed E-state index contributed by atoms with van der Waals surface area (Å²) in [6.45, 7) is 6.49. The van der Waals surface area contributed by atoms with Crippen molar-refractivity contribution in [1.82, 2.24) is 0 Å². The molecule has 0 aromatic carbocycles. The summed E-state index contributed by atoms with van der Waals surface area (Å²) in [7, 11) is 0. The molecular formula is C8H13NS. The second-order valence-corrected chi connectivity index (χ2v) is 6.03. The molecule has 0 saturated heterocycles. The van der Waals surface area contributed by atoms with Crippen LogP contribution in [0.15, 0.2) is 0 Å². The first-order chi connectivity index (χ1) is 4.47. The van der Waals surface area contributed by atoms with Crippen LogP contribution in [0.2, 0.25) is 0 Å². The Bertz CT molecular complexity index is 169. The molecule has 0 radical (unpaired) electrons. The summed E-state index contributed by atoms with van der Waals surface area (Å²) in [6.07, 6.45) is 2.18. The third-order valence-corrected chi connectivity index (χ3v) is 2.91. The monoisotopic (exact) mass is 155 g/mol. The van der Waals surface area contributed by atoms with E-state index in [-0.39, 0.29) is 9.49 Å². The molecule has 1 nitrogen and oxygen atoms in total. The molecule has 0 aliphatic heterocycles. The zero-order valence-electron chi connectivity index (χ0n) is 6.77. The van der Waals surface area contributed by atoms with Gasteiger partial charge in [-0.2, -0.15) is 5.26 Å². The lowest BCUT2D eigenvalue weighted by Crippen LogP contribution is -2.14. The second kappa shape index (κ2) is 2.17. The highest BCUT2D eigenvalue weighted by Crippen LogP contribution is 2.52. The van der Waals surface area contributed by atoms with Gasteiger partial charge in [-0.25, -0.2) is 0 Å². The number of hydrogen-bond acceptors (Lipinski definition) is 2. The number of nitriles is 1. The van der Waals surface area contributed by atoms with Crippen molar-refractivity contribution in [2.24, 2.45) is 0 Å². The minimum atomic E-state index is -0.00174. The maximum atomic E-state index is 8.75. The Labute approximate surface area is 66.8 Å². The lowest BCUT2D eigenvalue weighted by Gasteiger charge is -2.20. The van der Waals surface area contributed by atoms with E-state index in [1.807, 2.05) is 11.8 Å². The Hall–Kier alpha value is -0.160. The van der Waals surface area contributed by atoms with Crippen molar-refractivity contribution in [3.05, 3.63) is 0 Å². The molecule has 0 aromatic heterocycles. The Morgan fingerprint density at radius 3 is 2.00 bits per heavy atom. The van der Waals surface area contributed by atoms with E-state index in [1.54, 1.807) is 0 Å². The van der Waals surface area contributed by atoms with Crippen molar-refractivity contribution >= 4 is 11.8 Å². The molecule has 0 amide bonds. The molecule has 0 spiro atoms.